The third-order valence-electron chi connectivity index (χ3n) is 2.68. The summed E-state index contributed by atoms with van der Waals surface area (Å²) in [5, 5.41) is 11.1. The fourth-order valence-electron chi connectivity index (χ4n) is 1.57. The minimum Gasteiger partial charge on any atom is -0.493 e. The number of rotatable bonds is 7. The minimum atomic E-state index is -1.22. The first-order valence-corrected chi connectivity index (χ1v) is 6.31. The SMILES string of the molecule is CCOc1cc(C(=O)O[C@H](C)C(N)=O)c([N+](=O)[O-])cc1OC. The van der Waals surface area contributed by atoms with Crippen molar-refractivity contribution in [2.45, 2.75) is 20.0 Å². The second kappa shape index (κ2) is 7.25. The number of benzene rings is 1. The van der Waals surface area contributed by atoms with Gasteiger partial charge in [0, 0.05) is 6.07 Å². The molecule has 0 fully saturated rings. The lowest BCUT2D eigenvalue weighted by Crippen LogP contribution is -2.30. The van der Waals surface area contributed by atoms with Gasteiger partial charge in [0.15, 0.2) is 17.6 Å². The highest BCUT2D eigenvalue weighted by atomic mass is 16.6. The van der Waals surface area contributed by atoms with E-state index in [1.165, 1.54) is 14.0 Å². The normalized spacial score (nSPS) is 11.4. The van der Waals surface area contributed by atoms with E-state index in [0.717, 1.165) is 12.1 Å². The second-order valence-corrected chi connectivity index (χ2v) is 4.16. The number of nitrogens with two attached hydrogens (primary N) is 1. The van der Waals surface area contributed by atoms with Crippen molar-refractivity contribution in [3.63, 3.8) is 0 Å². The average Bonchev–Trinajstić information content (AvgIpc) is 2.46. The molecule has 0 bridgehead atoms. The number of amides is 1. The molecule has 0 aliphatic carbocycles. The molecule has 120 valence electrons. The summed E-state index contributed by atoms with van der Waals surface area (Å²) in [6, 6.07) is 2.19. The van der Waals surface area contributed by atoms with Crippen LogP contribution in [0.1, 0.15) is 24.2 Å². The Hall–Kier alpha value is -2.84. The zero-order valence-electron chi connectivity index (χ0n) is 12.3. The molecular weight excluding hydrogens is 296 g/mol. The zero-order chi connectivity index (χ0) is 16.9. The number of nitrogens with zero attached hydrogens (tertiary/aromatic N) is 1. The molecule has 0 aliphatic rings. The topological polar surface area (TPSA) is 131 Å². The molecule has 1 aromatic rings. The smallest absolute Gasteiger partial charge is 0.346 e. The van der Waals surface area contributed by atoms with E-state index in [4.69, 9.17) is 19.9 Å². The summed E-state index contributed by atoms with van der Waals surface area (Å²) in [7, 11) is 1.31. The standard InChI is InChI=1S/C13H16N2O7/c1-4-21-11-5-8(13(17)22-7(2)12(14)16)9(15(18)19)6-10(11)20-3/h5-7H,4H2,1-3H3,(H2,14,16)/t7-/m1/s1. The van der Waals surface area contributed by atoms with E-state index < -0.39 is 28.6 Å². The van der Waals surface area contributed by atoms with Crippen molar-refractivity contribution in [1.29, 1.82) is 0 Å². The molecule has 9 heteroatoms. The number of methoxy groups -OCH3 is 1. The van der Waals surface area contributed by atoms with Gasteiger partial charge in [-0.3, -0.25) is 14.9 Å². The first-order chi connectivity index (χ1) is 10.3. The number of hydrogen-bond acceptors (Lipinski definition) is 7. The third kappa shape index (κ3) is 3.84. The summed E-state index contributed by atoms with van der Waals surface area (Å²) in [5.74, 6) is -1.67. The fraction of sp³-hybridized carbons (Fsp3) is 0.385. The van der Waals surface area contributed by atoms with Crippen LogP contribution in [0.25, 0.3) is 0 Å². The molecule has 22 heavy (non-hydrogen) atoms. The average molecular weight is 312 g/mol. The summed E-state index contributed by atoms with van der Waals surface area (Å²) in [6.45, 7) is 3.23. The fourth-order valence-corrected chi connectivity index (χ4v) is 1.57. The zero-order valence-corrected chi connectivity index (χ0v) is 12.3. The van der Waals surface area contributed by atoms with Gasteiger partial charge in [-0.05, 0) is 13.8 Å². The Morgan fingerprint density at radius 1 is 1.36 bits per heavy atom. The Bertz CT molecular complexity index is 600. The van der Waals surface area contributed by atoms with Gasteiger partial charge in [-0.15, -0.1) is 0 Å². The summed E-state index contributed by atoms with van der Waals surface area (Å²) in [5.41, 5.74) is 4.10. The highest BCUT2D eigenvalue weighted by Crippen LogP contribution is 2.35. The van der Waals surface area contributed by atoms with Crippen LogP contribution in [0.4, 0.5) is 5.69 Å². The number of carbonyl (C=O) groups is 2. The lowest BCUT2D eigenvalue weighted by atomic mass is 10.1. The van der Waals surface area contributed by atoms with E-state index >= 15 is 0 Å². The Balaban J connectivity index is 3.30. The first-order valence-electron chi connectivity index (χ1n) is 6.31. The van der Waals surface area contributed by atoms with E-state index in [2.05, 4.69) is 0 Å². The number of ether oxygens (including phenoxy) is 3. The minimum absolute atomic E-state index is 0.105. The molecule has 0 spiro atoms. The van der Waals surface area contributed by atoms with Crippen LogP contribution in [0.2, 0.25) is 0 Å². The Morgan fingerprint density at radius 3 is 2.45 bits per heavy atom. The number of carbonyl (C=O) groups excluding carboxylic acids is 2. The lowest BCUT2D eigenvalue weighted by Gasteiger charge is -2.13. The molecule has 0 saturated carbocycles. The van der Waals surface area contributed by atoms with Gasteiger partial charge in [-0.25, -0.2) is 4.79 Å². The summed E-state index contributed by atoms with van der Waals surface area (Å²) in [4.78, 5) is 33.3. The Kier molecular flexibility index (Phi) is 5.67. The number of nitro benzene ring substituents is 1. The summed E-state index contributed by atoms with van der Waals surface area (Å²) >= 11 is 0. The van der Waals surface area contributed by atoms with E-state index in [1.807, 2.05) is 0 Å². The van der Waals surface area contributed by atoms with Crippen molar-refractivity contribution in [1.82, 2.24) is 0 Å². The number of hydrogen-bond donors (Lipinski definition) is 1. The Labute approximate surface area is 126 Å². The first kappa shape index (κ1) is 17.2. The van der Waals surface area contributed by atoms with Crippen molar-refractivity contribution in [3.05, 3.63) is 27.8 Å². The van der Waals surface area contributed by atoms with Gasteiger partial charge in [-0.2, -0.15) is 0 Å². The molecule has 0 saturated heterocycles. The maximum absolute atomic E-state index is 12.0. The van der Waals surface area contributed by atoms with Crippen LogP contribution in [0, 0.1) is 10.1 Å². The number of esters is 1. The van der Waals surface area contributed by atoms with Crippen LogP contribution >= 0.6 is 0 Å². The summed E-state index contributed by atoms with van der Waals surface area (Å²) < 4.78 is 15.0. The largest absolute Gasteiger partial charge is 0.493 e. The van der Waals surface area contributed by atoms with Gasteiger partial charge in [-0.1, -0.05) is 0 Å². The number of nitro groups is 1. The van der Waals surface area contributed by atoms with Crippen LogP contribution in [0.15, 0.2) is 12.1 Å². The predicted octanol–water partition coefficient (Wildman–Crippen LogP) is 1.03. The van der Waals surface area contributed by atoms with Crippen molar-refractivity contribution >= 4 is 17.6 Å². The van der Waals surface area contributed by atoms with Gasteiger partial charge < -0.3 is 19.9 Å². The molecule has 1 aromatic carbocycles. The molecule has 1 amide bonds. The van der Waals surface area contributed by atoms with Gasteiger partial charge in [0.1, 0.15) is 5.56 Å². The van der Waals surface area contributed by atoms with Gasteiger partial charge >= 0.3 is 5.97 Å². The van der Waals surface area contributed by atoms with Crippen LogP contribution in [-0.4, -0.2) is 36.6 Å². The molecule has 1 atom stereocenters. The van der Waals surface area contributed by atoms with Crippen molar-refractivity contribution in [3.8, 4) is 11.5 Å². The van der Waals surface area contributed by atoms with Crippen LogP contribution < -0.4 is 15.2 Å². The van der Waals surface area contributed by atoms with E-state index in [1.54, 1.807) is 6.92 Å². The highest BCUT2D eigenvalue weighted by molar-refractivity contribution is 5.96. The molecule has 0 aliphatic heterocycles. The van der Waals surface area contributed by atoms with Gasteiger partial charge in [0.2, 0.25) is 0 Å². The van der Waals surface area contributed by atoms with Crippen molar-refractivity contribution in [2.75, 3.05) is 13.7 Å². The molecule has 9 nitrogen and oxygen atoms in total. The molecule has 0 radical (unpaired) electrons. The van der Waals surface area contributed by atoms with E-state index in [9.17, 15) is 19.7 Å². The molecule has 0 aromatic heterocycles. The summed E-state index contributed by atoms with van der Waals surface area (Å²) in [6.07, 6.45) is -1.22. The van der Waals surface area contributed by atoms with E-state index in [0.29, 0.717) is 0 Å². The van der Waals surface area contributed by atoms with Crippen LogP contribution in [-0.2, 0) is 9.53 Å². The molecule has 0 unspecified atom stereocenters. The maximum Gasteiger partial charge on any atom is 0.346 e. The van der Waals surface area contributed by atoms with Gasteiger partial charge in [0.25, 0.3) is 11.6 Å². The third-order valence-corrected chi connectivity index (χ3v) is 2.68. The lowest BCUT2D eigenvalue weighted by molar-refractivity contribution is -0.385. The predicted molar refractivity (Wildman–Crippen MR) is 74.9 cm³/mol. The highest BCUT2D eigenvalue weighted by Gasteiger charge is 2.27. The van der Waals surface area contributed by atoms with Gasteiger partial charge in [0.05, 0.1) is 24.7 Å². The van der Waals surface area contributed by atoms with Crippen molar-refractivity contribution < 1.29 is 28.7 Å². The maximum atomic E-state index is 12.0. The molecule has 0 heterocycles. The number of primary amides is 1. The van der Waals surface area contributed by atoms with E-state index in [-0.39, 0.29) is 23.7 Å². The molecule has 2 N–H and O–H groups in total. The monoisotopic (exact) mass is 312 g/mol. The molecule has 1 rings (SSSR count). The van der Waals surface area contributed by atoms with Crippen molar-refractivity contribution in [2.24, 2.45) is 5.73 Å². The Morgan fingerprint density at radius 2 is 2.00 bits per heavy atom. The molecular formula is C13H16N2O7. The second-order valence-electron chi connectivity index (χ2n) is 4.16. The quantitative estimate of drug-likeness (QED) is 0.452. The van der Waals surface area contributed by atoms with Crippen LogP contribution in [0.3, 0.4) is 0 Å². The van der Waals surface area contributed by atoms with Crippen LogP contribution in [0.5, 0.6) is 11.5 Å².